The van der Waals surface area contributed by atoms with Crippen LogP contribution in [-0.4, -0.2) is 57.7 Å². The van der Waals surface area contributed by atoms with E-state index < -0.39 is 10.0 Å². The van der Waals surface area contributed by atoms with E-state index in [0.717, 1.165) is 19.3 Å². The quantitative estimate of drug-likeness (QED) is 0.632. The Labute approximate surface area is 109 Å². The second kappa shape index (κ2) is 7.70. The van der Waals surface area contributed by atoms with Gasteiger partial charge in [0, 0.05) is 39.8 Å². The first-order valence-corrected chi connectivity index (χ1v) is 7.90. The van der Waals surface area contributed by atoms with Crippen LogP contribution >= 0.6 is 0 Å². The molecule has 1 rings (SSSR count). The molecular weight excluding hydrogens is 256 g/mol. The summed E-state index contributed by atoms with van der Waals surface area (Å²) in [4.78, 5) is 11.4. The summed E-state index contributed by atoms with van der Waals surface area (Å²) in [5, 5.41) is 2.68. The van der Waals surface area contributed by atoms with E-state index in [1.807, 2.05) is 0 Å². The maximum absolute atomic E-state index is 11.8. The van der Waals surface area contributed by atoms with Crippen molar-refractivity contribution >= 4 is 15.9 Å². The van der Waals surface area contributed by atoms with Gasteiger partial charge in [-0.05, 0) is 19.3 Å². The average molecular weight is 278 g/mol. The van der Waals surface area contributed by atoms with Gasteiger partial charge in [0.2, 0.25) is 15.9 Å². The number of rotatable bonds is 8. The van der Waals surface area contributed by atoms with E-state index in [2.05, 4.69) is 5.32 Å². The minimum absolute atomic E-state index is 0.0335. The molecule has 1 aliphatic rings. The Morgan fingerprint density at radius 3 is 2.61 bits per heavy atom. The summed E-state index contributed by atoms with van der Waals surface area (Å²) >= 11 is 0. The fraction of sp³-hybridized carbons (Fsp3) is 0.909. The number of nitrogens with one attached hydrogen (secondary N) is 1. The number of carbonyl (C=O) groups is 1. The topological polar surface area (TPSA) is 75.7 Å². The molecule has 0 aliphatic carbocycles. The van der Waals surface area contributed by atoms with Crippen molar-refractivity contribution in [3.8, 4) is 0 Å². The van der Waals surface area contributed by atoms with Crippen molar-refractivity contribution in [1.82, 2.24) is 9.62 Å². The predicted octanol–water partition coefficient (Wildman–Crippen LogP) is -0.0452. The number of nitrogens with zero attached hydrogens (tertiary/aromatic N) is 1. The lowest BCUT2D eigenvalue weighted by Crippen LogP contribution is -2.33. The smallest absolute Gasteiger partial charge is 0.221 e. The van der Waals surface area contributed by atoms with Gasteiger partial charge in [0.25, 0.3) is 0 Å². The van der Waals surface area contributed by atoms with Crippen LogP contribution in [0.15, 0.2) is 0 Å². The molecular formula is C11H22N2O4S. The third kappa shape index (κ3) is 5.32. The lowest BCUT2D eigenvalue weighted by atomic mass is 10.4. The number of hydrogen-bond donors (Lipinski definition) is 1. The van der Waals surface area contributed by atoms with Crippen molar-refractivity contribution in [3.63, 3.8) is 0 Å². The summed E-state index contributed by atoms with van der Waals surface area (Å²) in [5.41, 5.74) is 0. The summed E-state index contributed by atoms with van der Waals surface area (Å²) in [7, 11) is -1.64. The number of methoxy groups -OCH3 is 1. The molecule has 0 aromatic carbocycles. The zero-order chi connectivity index (χ0) is 13.4. The van der Waals surface area contributed by atoms with Crippen molar-refractivity contribution in [3.05, 3.63) is 0 Å². The maximum atomic E-state index is 11.8. The van der Waals surface area contributed by atoms with Crippen molar-refractivity contribution in [2.75, 3.05) is 39.1 Å². The van der Waals surface area contributed by atoms with Crippen LogP contribution in [0.3, 0.4) is 0 Å². The first kappa shape index (κ1) is 15.4. The molecule has 0 radical (unpaired) electrons. The summed E-state index contributed by atoms with van der Waals surface area (Å²) in [6.07, 6.45) is 2.61. The third-order valence-electron chi connectivity index (χ3n) is 2.89. The second-order valence-corrected chi connectivity index (χ2v) is 6.46. The van der Waals surface area contributed by atoms with Gasteiger partial charge >= 0.3 is 0 Å². The number of ether oxygens (including phenoxy) is 1. The summed E-state index contributed by atoms with van der Waals surface area (Å²) in [6.45, 7) is 2.30. The Bertz CT molecular complexity index is 350. The lowest BCUT2D eigenvalue weighted by molar-refractivity contribution is -0.120. The molecule has 1 N–H and O–H groups in total. The highest BCUT2D eigenvalue weighted by atomic mass is 32.2. The molecule has 0 atom stereocenters. The van der Waals surface area contributed by atoms with Gasteiger partial charge in [-0.3, -0.25) is 4.79 Å². The molecule has 1 heterocycles. The third-order valence-corrected chi connectivity index (χ3v) is 4.76. The van der Waals surface area contributed by atoms with E-state index >= 15 is 0 Å². The van der Waals surface area contributed by atoms with Gasteiger partial charge in [-0.25, -0.2) is 12.7 Å². The number of carbonyl (C=O) groups excluding carboxylic acids is 1. The highest BCUT2D eigenvalue weighted by Gasteiger charge is 2.25. The molecule has 1 saturated heterocycles. The standard InChI is InChI=1S/C11H22N2O4S/c1-17-9-4-6-12-11(14)5-10-18(15,16)13-7-2-3-8-13/h2-10H2,1H3,(H,12,14). The average Bonchev–Trinajstić information content (AvgIpc) is 2.87. The summed E-state index contributed by atoms with van der Waals surface area (Å²) in [6, 6.07) is 0. The van der Waals surface area contributed by atoms with Crippen LogP contribution in [0, 0.1) is 0 Å². The summed E-state index contributed by atoms with van der Waals surface area (Å²) < 4.78 is 30.0. The Balaban J connectivity index is 2.20. The Kier molecular flexibility index (Phi) is 6.59. The molecule has 0 saturated carbocycles. The molecule has 0 spiro atoms. The number of sulfonamides is 1. The fourth-order valence-electron chi connectivity index (χ4n) is 1.85. The normalized spacial score (nSPS) is 16.9. The SMILES string of the molecule is COCCCNC(=O)CCS(=O)(=O)N1CCCC1. The first-order valence-electron chi connectivity index (χ1n) is 6.30. The van der Waals surface area contributed by atoms with Crippen LogP contribution in [0.4, 0.5) is 0 Å². The molecule has 0 aromatic rings. The Morgan fingerprint density at radius 1 is 1.33 bits per heavy atom. The minimum Gasteiger partial charge on any atom is -0.385 e. The van der Waals surface area contributed by atoms with Crippen molar-refractivity contribution in [2.24, 2.45) is 0 Å². The van der Waals surface area contributed by atoms with Gasteiger partial charge in [-0.1, -0.05) is 0 Å². The van der Waals surface area contributed by atoms with Crippen LogP contribution in [0.5, 0.6) is 0 Å². The van der Waals surface area contributed by atoms with Gasteiger partial charge in [0.05, 0.1) is 5.75 Å². The molecule has 18 heavy (non-hydrogen) atoms. The second-order valence-electron chi connectivity index (χ2n) is 4.37. The van der Waals surface area contributed by atoms with Crippen molar-refractivity contribution < 1.29 is 17.9 Å². The van der Waals surface area contributed by atoms with E-state index in [4.69, 9.17) is 4.74 Å². The number of amides is 1. The molecule has 0 bridgehead atoms. The molecule has 0 aromatic heterocycles. The molecule has 7 heteroatoms. The molecule has 1 fully saturated rings. The van der Waals surface area contributed by atoms with Gasteiger partial charge in [-0.15, -0.1) is 0 Å². The molecule has 106 valence electrons. The monoisotopic (exact) mass is 278 g/mol. The lowest BCUT2D eigenvalue weighted by Gasteiger charge is -2.15. The van der Waals surface area contributed by atoms with E-state index in [9.17, 15) is 13.2 Å². The van der Waals surface area contributed by atoms with E-state index in [-0.39, 0.29) is 18.1 Å². The minimum atomic E-state index is -3.24. The Morgan fingerprint density at radius 2 is 2.00 bits per heavy atom. The first-order chi connectivity index (χ1) is 8.56. The van der Waals surface area contributed by atoms with Gasteiger partial charge in [0.15, 0.2) is 0 Å². The maximum Gasteiger partial charge on any atom is 0.221 e. The zero-order valence-electron chi connectivity index (χ0n) is 10.9. The van der Waals surface area contributed by atoms with E-state index in [1.165, 1.54) is 4.31 Å². The van der Waals surface area contributed by atoms with Crippen molar-refractivity contribution in [1.29, 1.82) is 0 Å². The van der Waals surface area contributed by atoms with Gasteiger partial charge in [-0.2, -0.15) is 0 Å². The summed E-state index contributed by atoms with van der Waals surface area (Å²) in [5.74, 6) is -0.308. The largest absolute Gasteiger partial charge is 0.385 e. The van der Waals surface area contributed by atoms with Crippen LogP contribution in [0.25, 0.3) is 0 Å². The van der Waals surface area contributed by atoms with Gasteiger partial charge in [0.1, 0.15) is 0 Å². The van der Waals surface area contributed by atoms with Crippen LogP contribution in [0.2, 0.25) is 0 Å². The highest BCUT2D eigenvalue weighted by molar-refractivity contribution is 7.89. The zero-order valence-corrected chi connectivity index (χ0v) is 11.7. The highest BCUT2D eigenvalue weighted by Crippen LogP contribution is 2.13. The van der Waals surface area contributed by atoms with E-state index in [0.29, 0.717) is 26.2 Å². The Hall–Kier alpha value is -0.660. The van der Waals surface area contributed by atoms with Gasteiger partial charge < -0.3 is 10.1 Å². The molecule has 6 nitrogen and oxygen atoms in total. The van der Waals surface area contributed by atoms with E-state index in [1.54, 1.807) is 7.11 Å². The molecule has 1 amide bonds. The van der Waals surface area contributed by atoms with Crippen LogP contribution in [0.1, 0.15) is 25.7 Å². The molecule has 0 unspecified atom stereocenters. The number of hydrogen-bond acceptors (Lipinski definition) is 4. The van der Waals surface area contributed by atoms with Crippen LogP contribution in [-0.2, 0) is 19.6 Å². The predicted molar refractivity (Wildman–Crippen MR) is 68.7 cm³/mol. The molecule has 1 aliphatic heterocycles. The van der Waals surface area contributed by atoms with Crippen molar-refractivity contribution in [2.45, 2.75) is 25.7 Å². The fourth-order valence-corrected chi connectivity index (χ4v) is 3.37. The van der Waals surface area contributed by atoms with Crippen LogP contribution < -0.4 is 5.32 Å².